The van der Waals surface area contributed by atoms with Crippen LogP contribution in [0.3, 0.4) is 0 Å². The Bertz CT molecular complexity index is 929. The number of carbonyl (C=O) groups is 1. The van der Waals surface area contributed by atoms with Crippen LogP contribution in [0.25, 0.3) is 10.9 Å². The number of hydrogen-bond donors (Lipinski definition) is 2. The number of carbonyl (C=O) groups excluding carboxylic acids is 1. The summed E-state index contributed by atoms with van der Waals surface area (Å²) in [6.07, 6.45) is 2.74. The second kappa shape index (κ2) is 7.42. The Morgan fingerprint density at radius 2 is 2.00 bits per heavy atom. The molecule has 1 heterocycles. The van der Waals surface area contributed by atoms with Crippen molar-refractivity contribution < 1.29 is 4.79 Å². The molecule has 3 rings (SSSR count). The van der Waals surface area contributed by atoms with Crippen LogP contribution in [0.4, 0.5) is 17.2 Å². The summed E-state index contributed by atoms with van der Waals surface area (Å²) in [5, 5.41) is 6.80. The summed E-state index contributed by atoms with van der Waals surface area (Å²) in [5.74, 6) is 0.352. The highest BCUT2D eigenvalue weighted by Crippen LogP contribution is 2.26. The number of nitrogens with one attached hydrogen (secondary N) is 2. The van der Waals surface area contributed by atoms with E-state index in [4.69, 9.17) is 11.6 Å². The van der Waals surface area contributed by atoms with Gasteiger partial charge in [0.2, 0.25) is 5.91 Å². The van der Waals surface area contributed by atoms with Gasteiger partial charge in [0.1, 0.15) is 12.1 Å². The van der Waals surface area contributed by atoms with Crippen LogP contribution in [0.2, 0.25) is 0 Å². The van der Waals surface area contributed by atoms with Gasteiger partial charge in [0.05, 0.1) is 5.52 Å². The summed E-state index contributed by atoms with van der Waals surface area (Å²) in [5.41, 5.74) is 3.46. The Labute approximate surface area is 151 Å². The van der Waals surface area contributed by atoms with Crippen LogP contribution in [0.5, 0.6) is 0 Å². The molecule has 0 unspecified atom stereocenters. The maximum Gasteiger partial charge on any atom is 0.249 e. The number of fused-ring (bicyclic) bond motifs is 1. The molecule has 0 bridgehead atoms. The molecule has 120 valence electrons. The number of halogens is 2. The fraction of sp³-hybridized carbons (Fsp3) is 0. The lowest BCUT2D eigenvalue weighted by atomic mass is 10.2. The molecule has 0 aliphatic rings. The zero-order valence-electron chi connectivity index (χ0n) is 12.3. The van der Waals surface area contributed by atoms with Crippen molar-refractivity contribution in [3.8, 4) is 0 Å². The SMILES string of the molecule is O=C(C=CCl)Nc1ccc2ncnc(Nc3cccc(Br)c3)c2c1. The van der Waals surface area contributed by atoms with Crippen molar-refractivity contribution >= 4 is 61.5 Å². The minimum atomic E-state index is -0.303. The zero-order valence-corrected chi connectivity index (χ0v) is 14.7. The highest BCUT2D eigenvalue weighted by Gasteiger charge is 2.07. The average Bonchev–Trinajstić information content (AvgIpc) is 2.56. The molecule has 0 aliphatic carbocycles. The first kappa shape index (κ1) is 16.4. The van der Waals surface area contributed by atoms with Crippen LogP contribution < -0.4 is 10.6 Å². The van der Waals surface area contributed by atoms with Gasteiger partial charge in [0.15, 0.2) is 0 Å². The number of anilines is 3. The maximum atomic E-state index is 11.6. The van der Waals surface area contributed by atoms with Gasteiger partial charge >= 0.3 is 0 Å². The van der Waals surface area contributed by atoms with Crippen molar-refractivity contribution in [2.24, 2.45) is 0 Å². The van der Waals surface area contributed by atoms with Gasteiger partial charge in [-0.1, -0.05) is 33.6 Å². The highest BCUT2D eigenvalue weighted by molar-refractivity contribution is 9.10. The summed E-state index contributed by atoms with van der Waals surface area (Å²) >= 11 is 8.85. The lowest BCUT2D eigenvalue weighted by Gasteiger charge is -2.10. The summed E-state index contributed by atoms with van der Waals surface area (Å²) in [6, 6.07) is 13.2. The molecule has 3 aromatic rings. The van der Waals surface area contributed by atoms with E-state index in [0.29, 0.717) is 11.5 Å². The normalized spacial score (nSPS) is 10.9. The van der Waals surface area contributed by atoms with Crippen molar-refractivity contribution in [1.82, 2.24) is 9.97 Å². The van der Waals surface area contributed by atoms with Crippen LogP contribution in [0, 0.1) is 0 Å². The van der Waals surface area contributed by atoms with Gasteiger partial charge in [-0.2, -0.15) is 0 Å². The van der Waals surface area contributed by atoms with E-state index in [9.17, 15) is 4.79 Å². The molecule has 1 aromatic heterocycles. The molecule has 0 saturated heterocycles. The van der Waals surface area contributed by atoms with E-state index in [1.807, 2.05) is 36.4 Å². The number of nitrogens with zero attached hydrogens (tertiary/aromatic N) is 2. The van der Waals surface area contributed by atoms with Crippen molar-refractivity contribution in [3.63, 3.8) is 0 Å². The average molecular weight is 404 g/mol. The van der Waals surface area contributed by atoms with E-state index in [-0.39, 0.29) is 5.91 Å². The molecule has 7 heteroatoms. The molecule has 1 amide bonds. The third kappa shape index (κ3) is 3.90. The number of amides is 1. The molecule has 0 radical (unpaired) electrons. The lowest BCUT2D eigenvalue weighted by Crippen LogP contribution is -2.07. The molecule has 0 atom stereocenters. The first-order valence-corrected chi connectivity index (χ1v) is 8.24. The first-order chi connectivity index (χ1) is 11.7. The minimum Gasteiger partial charge on any atom is -0.340 e. The van der Waals surface area contributed by atoms with Gasteiger partial charge in [-0.05, 0) is 36.4 Å². The quantitative estimate of drug-likeness (QED) is 0.613. The molecule has 5 nitrogen and oxygen atoms in total. The van der Waals surface area contributed by atoms with E-state index in [1.165, 1.54) is 17.9 Å². The summed E-state index contributed by atoms with van der Waals surface area (Å²) < 4.78 is 0.965. The monoisotopic (exact) mass is 402 g/mol. The van der Waals surface area contributed by atoms with Crippen LogP contribution in [0.15, 0.2) is 64.9 Å². The van der Waals surface area contributed by atoms with Crippen LogP contribution >= 0.6 is 27.5 Å². The molecular weight excluding hydrogens is 392 g/mol. The van der Waals surface area contributed by atoms with Crippen LogP contribution in [-0.4, -0.2) is 15.9 Å². The number of aromatic nitrogens is 2. The Morgan fingerprint density at radius 1 is 1.12 bits per heavy atom. The molecule has 0 aliphatic heterocycles. The van der Waals surface area contributed by atoms with Crippen molar-refractivity contribution in [3.05, 3.63) is 64.9 Å². The first-order valence-electron chi connectivity index (χ1n) is 7.01. The largest absolute Gasteiger partial charge is 0.340 e. The van der Waals surface area contributed by atoms with Gasteiger partial charge in [-0.25, -0.2) is 9.97 Å². The van der Waals surface area contributed by atoms with E-state index < -0.39 is 0 Å². The molecule has 2 aromatic carbocycles. The van der Waals surface area contributed by atoms with E-state index in [1.54, 1.807) is 6.07 Å². The smallest absolute Gasteiger partial charge is 0.249 e. The van der Waals surface area contributed by atoms with E-state index >= 15 is 0 Å². The fourth-order valence-corrected chi connectivity index (χ4v) is 2.69. The van der Waals surface area contributed by atoms with Crippen molar-refractivity contribution in [2.45, 2.75) is 0 Å². The Hall–Kier alpha value is -2.44. The minimum absolute atomic E-state index is 0.303. The zero-order chi connectivity index (χ0) is 16.9. The molecule has 0 spiro atoms. The topological polar surface area (TPSA) is 66.9 Å². The Kier molecular flexibility index (Phi) is 5.08. The Morgan fingerprint density at radius 3 is 2.79 bits per heavy atom. The van der Waals surface area contributed by atoms with Gasteiger partial charge in [-0.3, -0.25) is 4.79 Å². The number of benzene rings is 2. The van der Waals surface area contributed by atoms with Gasteiger partial charge < -0.3 is 10.6 Å². The van der Waals surface area contributed by atoms with Gasteiger partial charge in [0, 0.05) is 32.8 Å². The van der Waals surface area contributed by atoms with E-state index in [2.05, 4.69) is 36.5 Å². The molecule has 0 saturated carbocycles. The fourth-order valence-electron chi connectivity index (χ4n) is 2.18. The Balaban J connectivity index is 1.96. The highest BCUT2D eigenvalue weighted by atomic mass is 79.9. The molecule has 24 heavy (non-hydrogen) atoms. The standard InChI is InChI=1S/C17H12BrClN4O/c18-11-2-1-3-12(8-11)23-17-14-9-13(22-16(24)6-7-19)4-5-15(14)20-10-21-17/h1-10H,(H,22,24)(H,20,21,23). The molecule has 0 fully saturated rings. The lowest BCUT2D eigenvalue weighted by molar-refractivity contribution is -0.111. The van der Waals surface area contributed by atoms with Crippen molar-refractivity contribution in [1.29, 1.82) is 0 Å². The summed E-state index contributed by atoms with van der Waals surface area (Å²) in [6.45, 7) is 0. The number of hydrogen-bond acceptors (Lipinski definition) is 4. The van der Waals surface area contributed by atoms with Crippen molar-refractivity contribution in [2.75, 3.05) is 10.6 Å². The predicted molar refractivity (Wildman–Crippen MR) is 101 cm³/mol. The van der Waals surface area contributed by atoms with Crippen LogP contribution in [0.1, 0.15) is 0 Å². The second-order valence-electron chi connectivity index (χ2n) is 4.87. The van der Waals surface area contributed by atoms with Crippen LogP contribution in [-0.2, 0) is 4.79 Å². The summed E-state index contributed by atoms with van der Waals surface area (Å²) in [4.78, 5) is 20.2. The van der Waals surface area contributed by atoms with Gasteiger partial charge in [0.25, 0.3) is 0 Å². The van der Waals surface area contributed by atoms with Gasteiger partial charge in [-0.15, -0.1) is 0 Å². The van der Waals surface area contributed by atoms with E-state index in [0.717, 1.165) is 21.1 Å². The summed E-state index contributed by atoms with van der Waals surface area (Å²) in [7, 11) is 0. The molecule has 2 N–H and O–H groups in total. The second-order valence-corrected chi connectivity index (χ2v) is 6.04. The predicted octanol–water partition coefficient (Wildman–Crippen LogP) is 4.83. The maximum absolute atomic E-state index is 11.6. The third-order valence-electron chi connectivity index (χ3n) is 3.20. The third-order valence-corrected chi connectivity index (χ3v) is 3.82. The number of rotatable bonds is 4. The molecular formula is C17H12BrClN4O.